The van der Waals surface area contributed by atoms with Crippen molar-refractivity contribution in [3.05, 3.63) is 72.1 Å². The van der Waals surface area contributed by atoms with E-state index in [1.54, 1.807) is 11.0 Å². The predicted molar refractivity (Wildman–Crippen MR) is 136 cm³/mol. The molecule has 2 heterocycles. The van der Waals surface area contributed by atoms with Crippen molar-refractivity contribution in [2.24, 2.45) is 0 Å². The van der Waals surface area contributed by atoms with Gasteiger partial charge in [0.25, 0.3) is 5.56 Å². The van der Waals surface area contributed by atoms with Crippen molar-refractivity contribution in [3.8, 4) is 0 Å². The third-order valence-electron chi connectivity index (χ3n) is 6.29. The zero-order chi connectivity index (χ0) is 25.4. The number of nitrogens with zero attached hydrogens (tertiary/aromatic N) is 3. The summed E-state index contributed by atoms with van der Waals surface area (Å²) in [5.74, 6) is -0.923. The van der Waals surface area contributed by atoms with E-state index in [1.165, 1.54) is 10.6 Å². The van der Waals surface area contributed by atoms with E-state index in [2.05, 4.69) is 10.3 Å². The molecule has 1 atom stereocenters. The number of halogens is 3. The highest BCUT2D eigenvalue weighted by molar-refractivity contribution is 6.35. The average molecular weight is 522 g/mol. The van der Waals surface area contributed by atoms with Crippen molar-refractivity contribution in [1.82, 2.24) is 19.4 Å². The van der Waals surface area contributed by atoms with Crippen molar-refractivity contribution >= 4 is 45.7 Å². The molecule has 1 aliphatic rings. The Morgan fingerprint density at radius 1 is 1.23 bits per heavy atom. The zero-order valence-electron chi connectivity index (χ0n) is 19.6. The van der Waals surface area contributed by atoms with Crippen LogP contribution < -0.4 is 16.6 Å². The Bertz CT molecular complexity index is 1420. The molecule has 11 heteroatoms. The number of hydrogen-bond acceptors (Lipinski definition) is 5. The molecule has 1 unspecified atom stereocenters. The number of fused-ring (bicyclic) bond motifs is 2. The van der Waals surface area contributed by atoms with Crippen LogP contribution in [0, 0.1) is 5.82 Å². The van der Waals surface area contributed by atoms with Crippen molar-refractivity contribution in [2.45, 2.75) is 25.9 Å². The molecule has 0 saturated heterocycles. The van der Waals surface area contributed by atoms with Gasteiger partial charge in [0.05, 0.1) is 29.2 Å². The number of anilines is 1. The van der Waals surface area contributed by atoms with Crippen LogP contribution in [0.3, 0.4) is 0 Å². The fourth-order valence-electron chi connectivity index (χ4n) is 4.48. The summed E-state index contributed by atoms with van der Waals surface area (Å²) >= 11 is 12.5. The summed E-state index contributed by atoms with van der Waals surface area (Å²) in [4.78, 5) is 43.5. The summed E-state index contributed by atoms with van der Waals surface area (Å²) in [6, 6.07) is 5.73. The third kappa shape index (κ3) is 5.07. The monoisotopic (exact) mass is 521 g/mol. The van der Waals surface area contributed by atoms with Crippen LogP contribution in [-0.4, -0.2) is 59.0 Å². The van der Waals surface area contributed by atoms with Gasteiger partial charge in [0.15, 0.2) is 0 Å². The van der Waals surface area contributed by atoms with Crippen LogP contribution in [0.5, 0.6) is 0 Å². The molecule has 1 aliphatic heterocycles. The Hall–Kier alpha value is -2.88. The maximum atomic E-state index is 14.8. The first-order chi connectivity index (χ1) is 16.6. The smallest absolute Gasteiger partial charge is 0.328 e. The van der Waals surface area contributed by atoms with Gasteiger partial charge in [0.2, 0.25) is 5.91 Å². The second-order valence-electron chi connectivity index (χ2n) is 8.89. The topological polar surface area (TPSA) is 90.4 Å². The van der Waals surface area contributed by atoms with E-state index >= 15 is 0 Å². The van der Waals surface area contributed by atoms with E-state index in [1.807, 2.05) is 32.0 Å². The normalized spacial score (nSPS) is 15.5. The van der Waals surface area contributed by atoms with Gasteiger partial charge in [0, 0.05) is 29.7 Å². The number of carbonyl (C=O) groups is 1. The quantitative estimate of drug-likeness (QED) is 0.519. The van der Waals surface area contributed by atoms with Crippen LogP contribution in [0.15, 0.2) is 33.9 Å². The minimum absolute atomic E-state index is 0.0318. The Morgan fingerprint density at radius 2 is 1.97 bits per heavy atom. The number of H-pyrrole nitrogens is 1. The molecule has 0 aliphatic carbocycles. The van der Waals surface area contributed by atoms with Crippen molar-refractivity contribution < 1.29 is 9.18 Å². The molecule has 2 aromatic carbocycles. The van der Waals surface area contributed by atoms with Crippen molar-refractivity contribution in [2.75, 3.05) is 39.0 Å². The molecule has 1 aromatic heterocycles. The molecular formula is C24H26Cl2FN5O3. The van der Waals surface area contributed by atoms with Crippen LogP contribution in [-0.2, 0) is 17.8 Å². The highest BCUT2D eigenvalue weighted by Gasteiger charge is 2.29. The lowest BCUT2D eigenvalue weighted by molar-refractivity contribution is -0.131. The van der Waals surface area contributed by atoms with Crippen molar-refractivity contribution in [3.63, 3.8) is 0 Å². The number of aromatic amines is 1. The second-order valence-corrected chi connectivity index (χ2v) is 9.73. The third-order valence-corrected chi connectivity index (χ3v) is 6.83. The van der Waals surface area contributed by atoms with Crippen LogP contribution in [0.1, 0.15) is 24.1 Å². The Balaban J connectivity index is 1.58. The lowest BCUT2D eigenvalue weighted by atomic mass is 9.93. The Kier molecular flexibility index (Phi) is 7.21. The molecule has 1 amide bonds. The number of amides is 1. The standard InChI is InChI=1S/C24H26Cl2FN5O3/c1-13-22-14(8-15(25)9-17(22)26)4-5-31(13)21(33)12-28-19-11-20-16(10-18(19)27)23(34)29-24(35)32(20)7-6-30(2)3/h8-11,13,28H,4-7,12H2,1-3H3,(H,29,34,35). The Morgan fingerprint density at radius 3 is 2.69 bits per heavy atom. The van der Waals surface area contributed by atoms with E-state index in [0.29, 0.717) is 41.6 Å². The molecule has 186 valence electrons. The number of rotatable bonds is 6. The molecule has 2 N–H and O–H groups in total. The largest absolute Gasteiger partial charge is 0.374 e. The second kappa shape index (κ2) is 10.0. The summed E-state index contributed by atoms with van der Waals surface area (Å²) in [5.41, 5.74) is 0.955. The highest BCUT2D eigenvalue weighted by atomic mass is 35.5. The molecule has 4 rings (SSSR count). The van der Waals surface area contributed by atoms with E-state index in [-0.39, 0.29) is 29.6 Å². The van der Waals surface area contributed by atoms with Gasteiger partial charge in [-0.2, -0.15) is 0 Å². The van der Waals surface area contributed by atoms with E-state index in [9.17, 15) is 18.8 Å². The molecule has 8 nitrogen and oxygen atoms in total. The molecule has 0 bridgehead atoms. The zero-order valence-corrected chi connectivity index (χ0v) is 21.1. The first-order valence-corrected chi connectivity index (χ1v) is 11.9. The molecule has 0 spiro atoms. The lowest BCUT2D eigenvalue weighted by Crippen LogP contribution is -2.42. The molecule has 0 fully saturated rings. The molecular weight excluding hydrogens is 496 g/mol. The number of carbonyl (C=O) groups excluding carboxylic acids is 1. The lowest BCUT2D eigenvalue weighted by Gasteiger charge is -2.36. The number of nitrogens with one attached hydrogen (secondary N) is 2. The number of likely N-dealkylation sites (N-methyl/N-ethyl adjacent to an activating group) is 1. The minimum Gasteiger partial charge on any atom is -0.374 e. The van der Waals surface area contributed by atoms with Gasteiger partial charge in [-0.05, 0) is 62.8 Å². The average Bonchev–Trinajstić information content (AvgIpc) is 2.77. The summed E-state index contributed by atoms with van der Waals surface area (Å²) < 4.78 is 16.2. The van der Waals surface area contributed by atoms with Crippen LogP contribution in [0.25, 0.3) is 10.9 Å². The minimum atomic E-state index is -0.691. The summed E-state index contributed by atoms with van der Waals surface area (Å²) in [6.45, 7) is 3.05. The maximum Gasteiger partial charge on any atom is 0.328 e. The molecule has 35 heavy (non-hydrogen) atoms. The molecule has 3 aromatic rings. The SMILES string of the molecule is CC1c2c(Cl)cc(Cl)cc2CCN1C(=O)CNc1cc2c(cc1F)c(=O)[nH]c(=O)n2CCN(C)C. The van der Waals surface area contributed by atoms with Crippen LogP contribution in [0.4, 0.5) is 10.1 Å². The predicted octanol–water partition coefficient (Wildman–Crippen LogP) is 3.26. The fraction of sp³-hybridized carbons (Fsp3) is 0.375. The van der Waals surface area contributed by atoms with Gasteiger partial charge in [-0.25, -0.2) is 9.18 Å². The molecule has 0 radical (unpaired) electrons. The van der Waals surface area contributed by atoms with Crippen LogP contribution in [0.2, 0.25) is 10.0 Å². The van der Waals surface area contributed by atoms with E-state index in [4.69, 9.17) is 23.2 Å². The van der Waals surface area contributed by atoms with Gasteiger partial charge < -0.3 is 15.1 Å². The summed E-state index contributed by atoms with van der Waals surface area (Å²) in [5, 5.41) is 3.96. The highest BCUT2D eigenvalue weighted by Crippen LogP contribution is 2.37. The van der Waals surface area contributed by atoms with Gasteiger partial charge >= 0.3 is 5.69 Å². The number of aromatic nitrogens is 2. The van der Waals surface area contributed by atoms with Gasteiger partial charge in [-0.3, -0.25) is 19.1 Å². The molecule has 0 saturated carbocycles. The van der Waals surface area contributed by atoms with Gasteiger partial charge in [0.1, 0.15) is 5.82 Å². The first kappa shape index (κ1) is 25.2. The fourth-order valence-corrected chi connectivity index (χ4v) is 5.18. The summed E-state index contributed by atoms with van der Waals surface area (Å²) in [6.07, 6.45) is 0.608. The van der Waals surface area contributed by atoms with E-state index < -0.39 is 17.1 Å². The van der Waals surface area contributed by atoms with E-state index in [0.717, 1.165) is 17.2 Å². The summed E-state index contributed by atoms with van der Waals surface area (Å²) in [7, 11) is 3.72. The van der Waals surface area contributed by atoms with Crippen LogP contribution >= 0.6 is 23.2 Å². The first-order valence-electron chi connectivity index (χ1n) is 11.2. The maximum absolute atomic E-state index is 14.8. The van der Waals surface area contributed by atoms with Crippen molar-refractivity contribution in [1.29, 1.82) is 0 Å². The number of benzene rings is 2. The number of hydrogen-bond donors (Lipinski definition) is 2. The van der Waals surface area contributed by atoms with Gasteiger partial charge in [-0.1, -0.05) is 23.2 Å². The van der Waals surface area contributed by atoms with Gasteiger partial charge in [-0.15, -0.1) is 0 Å². The Labute approximate surface area is 211 Å².